The first-order valence-corrected chi connectivity index (χ1v) is 10.7. The van der Waals surface area contributed by atoms with Crippen LogP contribution in [0.25, 0.3) is 0 Å². The molecule has 0 bridgehead atoms. The number of hydrogen-bond donors (Lipinski definition) is 5. The van der Waals surface area contributed by atoms with Gasteiger partial charge in [-0.25, -0.2) is 0 Å². The van der Waals surface area contributed by atoms with Crippen LogP contribution in [0.5, 0.6) is 40.2 Å². The normalized spacial score (nSPS) is 22.1. The van der Waals surface area contributed by atoms with Crippen LogP contribution in [0.3, 0.4) is 0 Å². The number of hydrogen-bond acceptors (Lipinski definition) is 10. The third-order valence-electron chi connectivity index (χ3n) is 6.00. The van der Waals surface area contributed by atoms with Crippen LogP contribution < -0.4 is 18.9 Å². The molecule has 0 amide bonds. The Morgan fingerprint density at radius 3 is 2.25 bits per heavy atom. The van der Waals surface area contributed by atoms with Crippen LogP contribution >= 0.6 is 0 Å². The molecule has 0 fully saturated rings. The molecule has 5 N–H and O–H groups in total. The van der Waals surface area contributed by atoms with Crippen LogP contribution in [0, 0.1) is 0 Å². The van der Waals surface area contributed by atoms with Crippen molar-refractivity contribution < 1.29 is 66.3 Å². The van der Waals surface area contributed by atoms with E-state index in [-0.39, 0.29) is 58.0 Å². The minimum absolute atomic E-state index is 0. The van der Waals surface area contributed by atoms with Crippen LogP contribution in [0.4, 0.5) is 0 Å². The fourth-order valence-electron chi connectivity index (χ4n) is 4.28. The molecule has 3 aromatic rings. The van der Waals surface area contributed by atoms with Gasteiger partial charge in [-0.2, -0.15) is 0 Å². The average Bonchev–Trinajstić information content (AvgIpc) is 2.85. The summed E-state index contributed by atoms with van der Waals surface area (Å²) in [4.78, 5) is 12.7. The van der Waals surface area contributed by atoms with Crippen LogP contribution in [0.2, 0.25) is 0 Å². The van der Waals surface area contributed by atoms with Crippen molar-refractivity contribution in [2.45, 2.75) is 24.4 Å². The van der Waals surface area contributed by atoms with Gasteiger partial charge in [-0.15, -0.1) is 0 Å². The number of carbonyl (C=O) groups is 1. The molecule has 0 unspecified atom stereocenters. The van der Waals surface area contributed by atoms with Crippen molar-refractivity contribution in [1.82, 2.24) is 0 Å². The van der Waals surface area contributed by atoms with Crippen molar-refractivity contribution in [2.75, 3.05) is 13.7 Å². The molecule has 188 valence electrons. The number of aliphatic hydroxyl groups is 2. The molecule has 0 aliphatic carbocycles. The monoisotopic (exact) mass is 538 g/mol. The predicted molar refractivity (Wildman–Crippen MR) is 119 cm³/mol. The van der Waals surface area contributed by atoms with Gasteiger partial charge in [0.05, 0.1) is 13.7 Å². The number of rotatable bonds is 4. The van der Waals surface area contributed by atoms with E-state index in [1.165, 1.54) is 19.2 Å². The predicted octanol–water partition coefficient (Wildman–Crippen LogP) is 2.36. The van der Waals surface area contributed by atoms with E-state index >= 15 is 0 Å². The summed E-state index contributed by atoms with van der Waals surface area (Å²) in [5.74, 6) is -0.823. The van der Waals surface area contributed by atoms with Gasteiger partial charge < -0.3 is 44.5 Å². The first kappa shape index (κ1) is 25.5. The van der Waals surface area contributed by atoms with E-state index in [0.717, 1.165) is 6.07 Å². The van der Waals surface area contributed by atoms with Gasteiger partial charge in [-0.1, -0.05) is 12.1 Å². The van der Waals surface area contributed by atoms with Gasteiger partial charge in [0.2, 0.25) is 5.78 Å². The first-order chi connectivity index (χ1) is 16.8. The van der Waals surface area contributed by atoms with Crippen LogP contribution in [0.15, 0.2) is 48.5 Å². The van der Waals surface area contributed by atoms with Crippen molar-refractivity contribution in [3.63, 3.8) is 0 Å². The molecule has 2 aliphatic heterocycles. The number of aromatic hydroxyl groups is 3. The molecule has 5 rings (SSSR count). The third kappa shape index (κ3) is 4.27. The average molecular weight is 538 g/mol. The maximum absolute atomic E-state index is 12.7. The number of carbonyl (C=O) groups excluding carboxylic acids is 1. The van der Waals surface area contributed by atoms with Crippen LogP contribution in [-0.4, -0.2) is 57.2 Å². The van der Waals surface area contributed by atoms with Gasteiger partial charge in [-0.05, 0) is 29.8 Å². The number of ether oxygens (including phenoxy) is 4. The second-order valence-corrected chi connectivity index (χ2v) is 8.20. The summed E-state index contributed by atoms with van der Waals surface area (Å²) < 4.78 is 23.0. The molecule has 11 heteroatoms. The van der Waals surface area contributed by atoms with Gasteiger partial charge >= 0.3 is 17.1 Å². The van der Waals surface area contributed by atoms with Crippen LogP contribution in [-0.2, 0) is 17.1 Å². The molecule has 3 aromatic carbocycles. The summed E-state index contributed by atoms with van der Waals surface area (Å²) in [5, 5.41) is 50.2. The number of Topliss-reactive ketones (excluding diaryl/α,β-unsaturated/α-hetero) is 1. The molecule has 2 aliphatic rings. The van der Waals surface area contributed by atoms with E-state index in [2.05, 4.69) is 0 Å². The smallest absolute Gasteiger partial charge is 0.508 e. The van der Waals surface area contributed by atoms with E-state index < -0.39 is 35.9 Å². The van der Waals surface area contributed by atoms with E-state index in [4.69, 9.17) is 18.9 Å². The Bertz CT molecular complexity index is 1310. The number of methoxy groups -OCH3 is 1. The first-order valence-electron chi connectivity index (χ1n) is 10.7. The largest absolute Gasteiger partial charge is 2.00 e. The maximum atomic E-state index is 12.7. The molecule has 0 saturated heterocycles. The molecule has 36 heavy (non-hydrogen) atoms. The number of fused-ring (bicyclic) bond motifs is 2. The Labute approximate surface area is 215 Å². The number of phenolic OH excluding ortho intramolecular Hbond substituents is 3. The Kier molecular flexibility index (Phi) is 6.92. The Balaban J connectivity index is 0.00000304. The van der Waals surface area contributed by atoms with E-state index in [1.54, 1.807) is 30.3 Å². The van der Waals surface area contributed by atoms with Crippen LogP contribution in [0.1, 0.15) is 33.7 Å². The minimum atomic E-state index is -1.62. The topological polar surface area (TPSA) is 155 Å². The Morgan fingerprint density at radius 1 is 0.833 bits per heavy atom. The van der Waals surface area contributed by atoms with Gasteiger partial charge in [0.15, 0.2) is 47.4 Å². The molecular formula is C25H22FeO10+2. The minimum Gasteiger partial charge on any atom is -0.508 e. The standard InChI is InChI=1S/C25H22O10.Fe/c1-32-17-6-11(2-4-14(17)28)24-20(10-26)33-16-5-3-12(7-18(16)34-24)25-23(31)22(30)21-15(29)8-13(27)9-19(21)35-25;/h2-9,20,23-29,31H,10H2,1H3;/q;+2/t20-,23+,24-,25-;/m1./s1. The van der Waals surface area contributed by atoms with Gasteiger partial charge in [-0.3, -0.25) is 4.79 Å². The summed E-state index contributed by atoms with van der Waals surface area (Å²) in [6.45, 7) is -0.349. The van der Waals surface area contributed by atoms with E-state index in [1.807, 2.05) is 0 Å². The number of benzene rings is 3. The number of phenols is 3. The maximum Gasteiger partial charge on any atom is 2.00 e. The fraction of sp³-hybridized carbons (Fsp3) is 0.240. The van der Waals surface area contributed by atoms with Crippen molar-refractivity contribution in [3.05, 3.63) is 65.2 Å². The summed E-state index contributed by atoms with van der Waals surface area (Å²) in [6, 6.07) is 11.5. The summed E-state index contributed by atoms with van der Waals surface area (Å²) in [7, 11) is 1.41. The summed E-state index contributed by atoms with van der Waals surface area (Å²) in [6.07, 6.45) is -4.28. The van der Waals surface area contributed by atoms with Crippen molar-refractivity contribution in [2.24, 2.45) is 0 Å². The molecule has 0 spiro atoms. The summed E-state index contributed by atoms with van der Waals surface area (Å²) in [5.41, 5.74) is 0.751. The second kappa shape index (κ2) is 9.79. The molecule has 0 radical (unpaired) electrons. The SMILES string of the molecule is COc1cc([C@H]2Oc3cc([C@H]4Oc5cc(O)cc(O)c5C(=O)[C@@H]4O)ccc3O[C@@H]2CO)ccc1O.[Fe+2]. The quantitative estimate of drug-likeness (QED) is 0.313. The molecule has 4 atom stereocenters. The Morgan fingerprint density at radius 2 is 1.53 bits per heavy atom. The number of aliphatic hydroxyl groups excluding tert-OH is 2. The molecule has 0 aromatic heterocycles. The fourth-order valence-corrected chi connectivity index (χ4v) is 4.28. The molecule has 2 heterocycles. The van der Waals surface area contributed by atoms with Crippen molar-refractivity contribution >= 4 is 5.78 Å². The van der Waals surface area contributed by atoms with E-state index in [9.17, 15) is 30.3 Å². The van der Waals surface area contributed by atoms with Gasteiger partial charge in [0, 0.05) is 17.7 Å². The third-order valence-corrected chi connectivity index (χ3v) is 6.00. The van der Waals surface area contributed by atoms with Gasteiger partial charge in [0.25, 0.3) is 0 Å². The second-order valence-electron chi connectivity index (χ2n) is 8.20. The molecule has 10 nitrogen and oxygen atoms in total. The zero-order valence-corrected chi connectivity index (χ0v) is 19.9. The van der Waals surface area contributed by atoms with Crippen molar-refractivity contribution in [3.8, 4) is 40.2 Å². The van der Waals surface area contributed by atoms with Gasteiger partial charge in [0.1, 0.15) is 22.8 Å². The zero-order valence-electron chi connectivity index (χ0n) is 18.8. The van der Waals surface area contributed by atoms with Crippen molar-refractivity contribution in [1.29, 1.82) is 0 Å². The van der Waals surface area contributed by atoms with E-state index in [0.29, 0.717) is 16.9 Å². The molecular weight excluding hydrogens is 516 g/mol. The zero-order chi connectivity index (χ0) is 24.9. The number of ketones is 1. The summed E-state index contributed by atoms with van der Waals surface area (Å²) >= 11 is 0. The Hall–Kier alpha value is -3.63. The molecule has 0 saturated carbocycles.